The first kappa shape index (κ1) is 73.3. The predicted molar refractivity (Wildman–Crippen MR) is 298 cm³/mol. The second-order valence-corrected chi connectivity index (χ2v) is 24.4. The van der Waals surface area contributed by atoms with Crippen molar-refractivity contribution in [3.63, 3.8) is 0 Å². The van der Waals surface area contributed by atoms with Crippen LogP contribution in [0.5, 0.6) is 0 Å². The minimum absolute atomic E-state index is 0.0580. The number of ketones is 2. The van der Waals surface area contributed by atoms with E-state index in [1.54, 1.807) is 62.3 Å². The molecule has 0 aromatic carbocycles. The molecule has 0 aromatic rings. The van der Waals surface area contributed by atoms with Gasteiger partial charge >= 0.3 is 30.0 Å². The van der Waals surface area contributed by atoms with Crippen molar-refractivity contribution in [3.05, 3.63) is 0 Å². The molecule has 0 aliphatic heterocycles. The molecule has 452 valence electrons. The Bertz CT molecular complexity index is 1780. The fourth-order valence-electron chi connectivity index (χ4n) is 8.09. The summed E-state index contributed by atoms with van der Waals surface area (Å²) in [4.78, 5) is 115. The summed E-state index contributed by atoms with van der Waals surface area (Å²) in [5.41, 5.74) is -2.84. The number of carboxylic acids is 1. The Morgan fingerprint density at radius 3 is 1.42 bits per heavy atom. The van der Waals surface area contributed by atoms with Crippen LogP contribution in [-0.4, -0.2) is 126 Å². The van der Waals surface area contributed by atoms with Crippen molar-refractivity contribution in [2.24, 2.45) is 5.92 Å². The maximum atomic E-state index is 13.6. The molecule has 0 aliphatic rings. The van der Waals surface area contributed by atoms with Crippen LogP contribution in [0.3, 0.4) is 0 Å². The number of carbonyl (C=O) groups is 9. The van der Waals surface area contributed by atoms with Crippen LogP contribution in [0.4, 0.5) is 4.79 Å². The van der Waals surface area contributed by atoms with Crippen molar-refractivity contribution in [3.8, 4) is 0 Å². The van der Waals surface area contributed by atoms with Gasteiger partial charge in [0.05, 0.1) is 25.2 Å². The van der Waals surface area contributed by atoms with Crippen molar-refractivity contribution in [1.29, 1.82) is 0 Å². The lowest BCUT2D eigenvalue weighted by Gasteiger charge is -2.25. The van der Waals surface area contributed by atoms with Gasteiger partial charge in [-0.25, -0.2) is 14.4 Å². The van der Waals surface area contributed by atoms with E-state index >= 15 is 0 Å². The number of ether oxygens (including phenoxy) is 6. The van der Waals surface area contributed by atoms with Gasteiger partial charge < -0.3 is 49.5 Å². The maximum Gasteiger partial charge on any atom is 0.407 e. The third kappa shape index (κ3) is 46.3. The average Bonchev–Trinajstić information content (AvgIpc) is 3.29. The number of esters is 3. The van der Waals surface area contributed by atoms with E-state index in [-0.39, 0.29) is 101 Å². The summed E-state index contributed by atoms with van der Waals surface area (Å²) in [6.07, 6.45) is 16.0. The fraction of sp³-hybridized carbons (Fsp3) is 0.847. The molecule has 0 saturated heterocycles. The van der Waals surface area contributed by atoms with Gasteiger partial charge in [-0.05, 0) is 134 Å². The van der Waals surface area contributed by atoms with Crippen molar-refractivity contribution in [2.45, 2.75) is 285 Å². The summed E-state index contributed by atoms with van der Waals surface area (Å²) in [7, 11) is 0. The van der Waals surface area contributed by atoms with Gasteiger partial charge in [0, 0.05) is 51.7 Å². The Hall–Kier alpha value is -4.65. The molecule has 19 heteroatoms. The highest BCUT2D eigenvalue weighted by atomic mass is 16.6. The number of unbranched alkanes of at least 4 members (excludes halogenated alkanes) is 14. The van der Waals surface area contributed by atoms with Crippen LogP contribution in [-0.2, 0) is 66.8 Å². The molecule has 3 atom stereocenters. The lowest BCUT2D eigenvalue weighted by Crippen LogP contribution is -2.44. The number of amides is 3. The maximum absolute atomic E-state index is 13.6. The van der Waals surface area contributed by atoms with Crippen LogP contribution in [0, 0.1) is 5.92 Å². The Morgan fingerprint density at radius 1 is 0.423 bits per heavy atom. The first-order chi connectivity index (χ1) is 36.4. The predicted octanol–water partition coefficient (Wildman–Crippen LogP) is 10.5. The number of carboxylic acid groups (broad SMARTS) is 1. The summed E-state index contributed by atoms with van der Waals surface area (Å²) in [5.74, 6) is -5.03. The van der Waals surface area contributed by atoms with E-state index in [1.165, 1.54) is 38.5 Å². The van der Waals surface area contributed by atoms with Crippen molar-refractivity contribution in [2.75, 3.05) is 33.0 Å². The Morgan fingerprint density at radius 2 is 0.897 bits per heavy atom. The average molecular weight is 1110 g/mol. The molecule has 4 N–H and O–H groups in total. The van der Waals surface area contributed by atoms with Crippen molar-refractivity contribution >= 4 is 53.4 Å². The number of rotatable bonds is 44. The number of carbonyl (C=O) groups excluding carboxylic acids is 8. The molecular formula is C59H105N3O16. The molecule has 0 bridgehead atoms. The highest BCUT2D eigenvalue weighted by molar-refractivity contribution is 5.90. The lowest BCUT2D eigenvalue weighted by molar-refractivity contribution is -0.162. The number of hydrogen-bond acceptors (Lipinski definition) is 15. The zero-order valence-corrected chi connectivity index (χ0v) is 50.2. The number of aliphatic carboxylic acids is 1. The molecule has 0 fully saturated rings. The van der Waals surface area contributed by atoms with E-state index < -0.39 is 76.9 Å². The van der Waals surface area contributed by atoms with E-state index in [9.17, 15) is 43.2 Å². The lowest BCUT2D eigenvalue weighted by atomic mass is 9.93. The van der Waals surface area contributed by atoms with Crippen molar-refractivity contribution < 1.29 is 76.7 Å². The summed E-state index contributed by atoms with van der Waals surface area (Å²) < 4.78 is 32.3. The first-order valence-electron chi connectivity index (χ1n) is 29.0. The van der Waals surface area contributed by atoms with Gasteiger partial charge in [0.25, 0.3) is 0 Å². The zero-order chi connectivity index (χ0) is 59.2. The minimum Gasteiger partial charge on any atom is -0.480 e. The Labute approximate surface area is 467 Å². The van der Waals surface area contributed by atoms with E-state index in [4.69, 9.17) is 33.5 Å². The molecular weight excluding hydrogens is 1010 g/mol. The van der Waals surface area contributed by atoms with Crippen LogP contribution in [0.2, 0.25) is 0 Å². The topological polar surface area (TPSA) is 265 Å². The normalized spacial score (nSPS) is 13.1. The van der Waals surface area contributed by atoms with E-state index in [0.29, 0.717) is 32.1 Å². The molecule has 0 aromatic heterocycles. The largest absolute Gasteiger partial charge is 0.480 e. The second kappa shape index (κ2) is 40.5. The molecule has 0 heterocycles. The van der Waals surface area contributed by atoms with E-state index in [2.05, 4.69) is 16.0 Å². The first-order valence-corrected chi connectivity index (χ1v) is 29.0. The molecule has 19 nitrogen and oxygen atoms in total. The summed E-state index contributed by atoms with van der Waals surface area (Å²) in [6, 6.07) is -1.98. The van der Waals surface area contributed by atoms with E-state index in [1.807, 2.05) is 20.8 Å². The molecule has 78 heavy (non-hydrogen) atoms. The number of nitrogens with one attached hydrogen (secondary N) is 3. The fourth-order valence-corrected chi connectivity index (χ4v) is 8.09. The molecule has 0 spiro atoms. The van der Waals surface area contributed by atoms with Crippen LogP contribution < -0.4 is 16.0 Å². The molecule has 3 amide bonds. The summed E-state index contributed by atoms with van der Waals surface area (Å²) >= 11 is 0. The SMILES string of the molecule is CC(C)(C)OC(=O)CCCCCCCCCCCCCCCCC(=O)N[C@@H](CCC(=O)C[C@@H](CCC(=O)N[C@@H](CCCCNC(=O)OC(C)(C)C)C(=O)CCCOCCOCC(=O)O)C(=O)OC(C)(C)C)C(=O)OC(C)(C)C. The van der Waals surface area contributed by atoms with Crippen LogP contribution in [0.1, 0.15) is 250 Å². The Kier molecular flexibility index (Phi) is 38.1. The third-order valence-corrected chi connectivity index (χ3v) is 11.7. The quantitative estimate of drug-likeness (QED) is 0.0251. The van der Waals surface area contributed by atoms with Crippen molar-refractivity contribution in [1.82, 2.24) is 16.0 Å². The smallest absolute Gasteiger partial charge is 0.407 e. The monoisotopic (exact) mass is 1110 g/mol. The van der Waals surface area contributed by atoms with Gasteiger partial charge in [-0.15, -0.1) is 0 Å². The molecule has 0 saturated carbocycles. The molecule has 0 radical (unpaired) electrons. The van der Waals surface area contributed by atoms with E-state index in [0.717, 1.165) is 44.9 Å². The standard InChI is InChI=1S/C59H105N3O16/c1-56(2,3)75-52(69)33-26-24-22-20-18-16-14-13-15-17-19-21-23-25-32-49(65)62-47(54(71)77-58(7,8)9)36-35-45(63)42-44(53(70)76-57(4,5)6)34-37-50(66)61-46(30-27-28-38-60-55(72)78-59(10,11)12)48(64)31-29-39-73-40-41-74-43-51(67)68/h44,46-47H,13-43H2,1-12H3,(H,60,72)(H,61,66)(H,62,65)(H,67,68)/t44-,46+,47+/m1/s1. The van der Waals surface area contributed by atoms with Gasteiger partial charge in [-0.2, -0.15) is 0 Å². The third-order valence-electron chi connectivity index (χ3n) is 11.7. The van der Waals surface area contributed by atoms with Crippen LogP contribution in [0.25, 0.3) is 0 Å². The summed E-state index contributed by atoms with van der Waals surface area (Å²) in [5, 5.41) is 17.0. The van der Waals surface area contributed by atoms with Gasteiger partial charge in [-0.3, -0.25) is 28.8 Å². The molecule has 0 rings (SSSR count). The minimum atomic E-state index is -1.10. The van der Waals surface area contributed by atoms with Gasteiger partial charge in [-0.1, -0.05) is 77.0 Å². The zero-order valence-electron chi connectivity index (χ0n) is 50.2. The number of Topliss-reactive ketones (excluding diaryl/α,β-unsaturated/α-hetero) is 2. The van der Waals surface area contributed by atoms with Gasteiger partial charge in [0.1, 0.15) is 40.8 Å². The highest BCUT2D eigenvalue weighted by Crippen LogP contribution is 2.22. The molecule has 0 aliphatic carbocycles. The van der Waals surface area contributed by atoms with Crippen LogP contribution in [0.15, 0.2) is 0 Å². The number of alkyl carbamates (subject to hydrolysis) is 1. The van der Waals surface area contributed by atoms with Gasteiger partial charge in [0.15, 0.2) is 5.78 Å². The molecule has 0 unspecified atom stereocenters. The Balaban J connectivity index is 5.29. The number of hydrogen-bond donors (Lipinski definition) is 4. The van der Waals surface area contributed by atoms with Gasteiger partial charge in [0.2, 0.25) is 11.8 Å². The van der Waals surface area contributed by atoms with Crippen LogP contribution >= 0.6 is 0 Å². The highest BCUT2D eigenvalue weighted by Gasteiger charge is 2.31. The summed E-state index contributed by atoms with van der Waals surface area (Å²) in [6.45, 7) is 21.4. The second-order valence-electron chi connectivity index (χ2n) is 24.4.